The van der Waals surface area contributed by atoms with Crippen molar-refractivity contribution >= 4 is 12.1 Å². The maximum Gasteiger partial charge on any atom is 0.435 e. The average molecular weight is 162 g/mol. The lowest BCUT2D eigenvalue weighted by Crippen LogP contribution is -2.28. The van der Waals surface area contributed by atoms with Crippen molar-refractivity contribution in [1.82, 2.24) is 5.32 Å². The highest BCUT2D eigenvalue weighted by atomic mass is 19.4. The van der Waals surface area contributed by atoms with E-state index in [1.165, 1.54) is 0 Å². The van der Waals surface area contributed by atoms with E-state index >= 15 is 0 Å². The standard InChI is InChI=1S/C5HF3N2O/c6-5(7,8)3-1-9-2-4(11)10-3/h2H. The Labute approximate surface area is 59.6 Å². The fraction of sp³-hybridized carbons (Fsp3) is 0.200. The summed E-state index contributed by atoms with van der Waals surface area (Å²) in [6.07, 6.45) is -2.42. The molecule has 0 aromatic carbocycles. The maximum absolute atomic E-state index is 11.7. The van der Waals surface area contributed by atoms with Crippen LogP contribution in [0.4, 0.5) is 13.2 Å². The number of hydrogen-bond donors (Lipinski definition) is 0. The van der Waals surface area contributed by atoms with Crippen molar-refractivity contribution in [1.29, 1.82) is 0 Å². The second-order valence-electron chi connectivity index (χ2n) is 1.67. The number of rotatable bonds is 0. The lowest BCUT2D eigenvalue weighted by atomic mass is 10.4. The lowest BCUT2D eigenvalue weighted by Gasteiger charge is -2.09. The van der Waals surface area contributed by atoms with Gasteiger partial charge in [-0.1, -0.05) is 0 Å². The second-order valence-corrected chi connectivity index (χ2v) is 1.67. The molecule has 0 aliphatic carbocycles. The number of amides is 1. The molecule has 0 aromatic heterocycles. The zero-order chi connectivity index (χ0) is 8.48. The number of carbonyl (C=O) groups excluding carboxylic acids is 1. The van der Waals surface area contributed by atoms with Crippen molar-refractivity contribution in [2.24, 2.45) is 4.99 Å². The molecule has 11 heavy (non-hydrogen) atoms. The third-order valence-corrected chi connectivity index (χ3v) is 0.836. The van der Waals surface area contributed by atoms with Crippen LogP contribution in [0.15, 0.2) is 10.7 Å². The van der Waals surface area contributed by atoms with Gasteiger partial charge in [0.05, 0.1) is 6.21 Å². The molecule has 1 rings (SSSR count). The van der Waals surface area contributed by atoms with E-state index in [9.17, 15) is 18.0 Å². The zero-order valence-corrected chi connectivity index (χ0v) is 5.01. The van der Waals surface area contributed by atoms with E-state index in [0.29, 0.717) is 6.21 Å². The van der Waals surface area contributed by atoms with Gasteiger partial charge < -0.3 is 0 Å². The van der Waals surface area contributed by atoms with Gasteiger partial charge in [-0.15, -0.1) is 0 Å². The Bertz CT molecular complexity index is 241. The van der Waals surface area contributed by atoms with Gasteiger partial charge >= 0.3 is 6.18 Å². The Hall–Kier alpha value is -1.33. The summed E-state index contributed by atoms with van der Waals surface area (Å²) in [4.78, 5) is 13.2. The van der Waals surface area contributed by atoms with Crippen LogP contribution < -0.4 is 5.32 Å². The number of halogens is 3. The van der Waals surface area contributed by atoms with E-state index in [2.05, 4.69) is 10.3 Å². The van der Waals surface area contributed by atoms with Gasteiger partial charge in [0.15, 0.2) is 5.70 Å². The Morgan fingerprint density at radius 2 is 2.09 bits per heavy atom. The summed E-state index contributed by atoms with van der Waals surface area (Å²) in [5, 5.41) is 2.65. The van der Waals surface area contributed by atoms with Crippen LogP contribution in [-0.2, 0) is 4.79 Å². The number of aliphatic imine (C=N–C) groups is 1. The van der Waals surface area contributed by atoms with Gasteiger partial charge in [-0.3, -0.25) is 4.79 Å². The summed E-state index contributed by atoms with van der Waals surface area (Å²) in [6, 6.07) is 0. The Kier molecular flexibility index (Phi) is 1.67. The summed E-state index contributed by atoms with van der Waals surface area (Å²) in [7, 11) is 0. The molecule has 0 spiro atoms. The van der Waals surface area contributed by atoms with Crippen LogP contribution in [0.2, 0.25) is 0 Å². The zero-order valence-electron chi connectivity index (χ0n) is 5.01. The van der Waals surface area contributed by atoms with Crippen LogP contribution >= 0.6 is 0 Å². The first-order valence-corrected chi connectivity index (χ1v) is 2.49. The maximum atomic E-state index is 11.7. The van der Waals surface area contributed by atoms with Gasteiger partial charge in [0.25, 0.3) is 5.91 Å². The monoisotopic (exact) mass is 162 g/mol. The number of nitrogens with zero attached hydrogens (tertiary/aromatic N) is 2. The highest BCUT2D eigenvalue weighted by Crippen LogP contribution is 2.24. The van der Waals surface area contributed by atoms with Crippen LogP contribution in [0.25, 0.3) is 0 Å². The molecule has 0 bridgehead atoms. The van der Waals surface area contributed by atoms with Crippen molar-refractivity contribution in [2.75, 3.05) is 0 Å². The van der Waals surface area contributed by atoms with Crippen molar-refractivity contribution in [3.05, 3.63) is 11.9 Å². The van der Waals surface area contributed by atoms with Crippen LogP contribution in [0.3, 0.4) is 0 Å². The highest BCUT2D eigenvalue weighted by molar-refractivity contribution is 6.27. The minimum absolute atomic E-state index is 0.662. The first-order valence-electron chi connectivity index (χ1n) is 2.49. The van der Waals surface area contributed by atoms with E-state index in [0.717, 1.165) is 0 Å². The fourth-order valence-electron chi connectivity index (χ4n) is 0.439. The van der Waals surface area contributed by atoms with Gasteiger partial charge in [0.2, 0.25) is 0 Å². The number of carbonyl (C=O) groups is 1. The smallest absolute Gasteiger partial charge is 0.266 e. The van der Waals surface area contributed by atoms with Crippen molar-refractivity contribution in [3.8, 4) is 0 Å². The molecule has 1 aliphatic rings. The molecule has 1 amide bonds. The summed E-state index contributed by atoms with van der Waals surface area (Å²) in [6.45, 7) is 0. The predicted molar refractivity (Wildman–Crippen MR) is 28.4 cm³/mol. The van der Waals surface area contributed by atoms with Crippen molar-refractivity contribution in [3.63, 3.8) is 0 Å². The van der Waals surface area contributed by atoms with Crippen LogP contribution in [0.5, 0.6) is 0 Å². The first kappa shape index (κ1) is 7.77. The Balaban J connectivity index is 2.83. The lowest BCUT2D eigenvalue weighted by molar-refractivity contribution is -0.121. The molecule has 0 fully saturated rings. The van der Waals surface area contributed by atoms with Crippen LogP contribution in [-0.4, -0.2) is 18.3 Å². The van der Waals surface area contributed by atoms with E-state index in [-0.39, 0.29) is 0 Å². The molecule has 0 saturated carbocycles. The molecule has 0 aromatic rings. The minimum Gasteiger partial charge on any atom is -0.266 e. The Morgan fingerprint density at radius 3 is 2.45 bits per heavy atom. The third kappa shape index (κ3) is 1.79. The SMILES string of the molecule is O=C1C=N[C]=C(C(F)(F)F)[N]1. The summed E-state index contributed by atoms with van der Waals surface area (Å²) >= 11 is 0. The fourth-order valence-corrected chi connectivity index (χ4v) is 0.439. The van der Waals surface area contributed by atoms with Gasteiger partial charge in [0.1, 0.15) is 6.20 Å². The van der Waals surface area contributed by atoms with Gasteiger partial charge in [-0.25, -0.2) is 10.3 Å². The minimum atomic E-state index is -4.65. The molecule has 0 N–H and O–H groups in total. The molecule has 2 radical (unpaired) electrons. The van der Waals surface area contributed by atoms with E-state index in [1.54, 1.807) is 6.20 Å². The molecule has 0 saturated heterocycles. The van der Waals surface area contributed by atoms with Crippen LogP contribution in [0, 0.1) is 6.20 Å². The Morgan fingerprint density at radius 1 is 1.45 bits per heavy atom. The average Bonchev–Trinajstić information content (AvgIpc) is 1.86. The normalized spacial score (nSPS) is 17.7. The number of alkyl halides is 3. The number of hydrogen-bond acceptors (Lipinski definition) is 2. The molecule has 3 nitrogen and oxygen atoms in total. The molecule has 0 unspecified atom stereocenters. The topological polar surface area (TPSA) is 43.5 Å². The quantitative estimate of drug-likeness (QED) is 0.508. The molecule has 1 aliphatic heterocycles. The molecule has 58 valence electrons. The second kappa shape index (κ2) is 2.37. The number of allylic oxidation sites excluding steroid dienone is 1. The van der Waals surface area contributed by atoms with Gasteiger partial charge in [-0.2, -0.15) is 13.2 Å². The molecule has 6 heteroatoms. The van der Waals surface area contributed by atoms with Crippen LogP contribution in [0.1, 0.15) is 0 Å². The van der Waals surface area contributed by atoms with Crippen molar-refractivity contribution < 1.29 is 18.0 Å². The molecule has 0 atom stereocenters. The summed E-state index contributed by atoms with van der Waals surface area (Å²) < 4.78 is 35.1. The largest absolute Gasteiger partial charge is 0.435 e. The molecular weight excluding hydrogens is 161 g/mol. The van der Waals surface area contributed by atoms with Gasteiger partial charge in [-0.05, 0) is 0 Å². The molecular formula is C5HF3N2O. The first-order chi connectivity index (χ1) is 5.00. The van der Waals surface area contributed by atoms with Crippen molar-refractivity contribution in [2.45, 2.75) is 6.18 Å². The predicted octanol–water partition coefficient (Wildman–Crippen LogP) is 0.409. The van der Waals surface area contributed by atoms with E-state index in [4.69, 9.17) is 0 Å². The summed E-state index contributed by atoms with van der Waals surface area (Å²) in [5.41, 5.74) is -1.38. The molecule has 1 heterocycles. The third-order valence-electron chi connectivity index (χ3n) is 0.836. The van der Waals surface area contributed by atoms with Gasteiger partial charge in [0, 0.05) is 0 Å². The summed E-state index contributed by atoms with van der Waals surface area (Å²) in [5.74, 6) is -1.02. The highest BCUT2D eigenvalue weighted by Gasteiger charge is 2.37. The van der Waals surface area contributed by atoms with E-state index in [1.807, 2.05) is 0 Å². The van der Waals surface area contributed by atoms with E-state index < -0.39 is 17.8 Å².